The molecule has 0 aromatic heterocycles. The molecule has 1 heterocycles. The Morgan fingerprint density at radius 2 is 1.71 bits per heavy atom. The van der Waals surface area contributed by atoms with Gasteiger partial charge in [-0.1, -0.05) is 50.6 Å². The minimum Gasteiger partial charge on any atom is -0.481 e. The second-order valence-electron chi connectivity index (χ2n) is 6.24. The topological polar surface area (TPSA) is 60.8 Å². The van der Waals surface area contributed by atoms with Crippen LogP contribution in [0.25, 0.3) is 0 Å². The van der Waals surface area contributed by atoms with Crippen molar-refractivity contribution in [3.05, 3.63) is 35.9 Å². The molecule has 138 valence electrons. The molecule has 2 N–H and O–H groups in total. The van der Waals surface area contributed by atoms with Gasteiger partial charge in [0.05, 0.1) is 5.60 Å². The van der Waals surface area contributed by atoms with Gasteiger partial charge in [0.15, 0.2) is 0 Å². The maximum Gasteiger partial charge on any atom is 0.303 e. The molecule has 0 radical (unpaired) electrons. The number of aliphatic carboxylic acids is 1. The summed E-state index contributed by atoms with van der Waals surface area (Å²) in [5.74, 6) is -0.711. The van der Waals surface area contributed by atoms with Crippen LogP contribution in [0.4, 0.5) is 0 Å². The number of carbonyl (C=O) groups is 1. The molecule has 1 aromatic rings. The summed E-state index contributed by atoms with van der Waals surface area (Å²) in [5, 5.41) is 18.6. The fourth-order valence-electron chi connectivity index (χ4n) is 2.78. The predicted molar refractivity (Wildman–Crippen MR) is 101 cm³/mol. The van der Waals surface area contributed by atoms with Crippen LogP contribution in [0, 0.1) is 0 Å². The first-order valence-corrected chi connectivity index (χ1v) is 8.74. The number of rotatable bonds is 6. The van der Waals surface area contributed by atoms with Crippen molar-refractivity contribution in [1.29, 1.82) is 0 Å². The lowest BCUT2D eigenvalue weighted by Crippen LogP contribution is -2.42. The molecule has 0 saturated carbocycles. The number of hydrogen-bond donors (Lipinski definition) is 2. The van der Waals surface area contributed by atoms with Gasteiger partial charge >= 0.3 is 5.97 Å². The van der Waals surface area contributed by atoms with Crippen LogP contribution in [0.3, 0.4) is 0 Å². The summed E-state index contributed by atoms with van der Waals surface area (Å²) >= 11 is 0. The van der Waals surface area contributed by atoms with E-state index in [2.05, 4.69) is 11.8 Å². The van der Waals surface area contributed by atoms with Gasteiger partial charge in [-0.3, -0.25) is 4.79 Å². The third-order valence-electron chi connectivity index (χ3n) is 4.29. The van der Waals surface area contributed by atoms with E-state index in [4.69, 9.17) is 5.11 Å². The molecular formula is C19H32ClNO3. The Hall–Kier alpha value is -1.10. The summed E-state index contributed by atoms with van der Waals surface area (Å²) in [6.45, 7) is 7.29. The van der Waals surface area contributed by atoms with Crippen LogP contribution in [0.1, 0.15) is 57.9 Å². The summed E-state index contributed by atoms with van der Waals surface area (Å²) in [6.07, 6.45) is 5.26. The predicted octanol–water partition coefficient (Wildman–Crippen LogP) is 4.06. The molecule has 0 aliphatic carbocycles. The van der Waals surface area contributed by atoms with E-state index < -0.39 is 11.6 Å². The van der Waals surface area contributed by atoms with Crippen molar-refractivity contribution in [2.75, 3.05) is 19.6 Å². The zero-order valence-corrected chi connectivity index (χ0v) is 15.7. The largest absolute Gasteiger partial charge is 0.481 e. The van der Waals surface area contributed by atoms with Gasteiger partial charge in [0.25, 0.3) is 0 Å². The minimum atomic E-state index is -0.711. The molecule has 1 saturated heterocycles. The number of carboxylic acid groups (broad SMARTS) is 1. The highest BCUT2D eigenvalue weighted by atomic mass is 35.5. The van der Waals surface area contributed by atoms with Gasteiger partial charge in [0.2, 0.25) is 0 Å². The van der Waals surface area contributed by atoms with Crippen LogP contribution in [0.15, 0.2) is 30.3 Å². The normalized spacial score (nSPS) is 16.5. The molecule has 0 unspecified atom stereocenters. The number of hydrogen-bond acceptors (Lipinski definition) is 3. The van der Waals surface area contributed by atoms with Crippen molar-refractivity contribution >= 4 is 18.4 Å². The van der Waals surface area contributed by atoms with Gasteiger partial charge in [0.1, 0.15) is 0 Å². The Morgan fingerprint density at radius 3 is 2.12 bits per heavy atom. The summed E-state index contributed by atoms with van der Waals surface area (Å²) in [7, 11) is 0. The van der Waals surface area contributed by atoms with E-state index in [-0.39, 0.29) is 12.4 Å². The first kappa shape index (κ1) is 22.9. The molecule has 1 aromatic carbocycles. The van der Waals surface area contributed by atoms with Gasteiger partial charge in [-0.2, -0.15) is 0 Å². The number of nitrogens with zero attached hydrogens (tertiary/aromatic N) is 1. The van der Waals surface area contributed by atoms with Crippen LogP contribution in [0.2, 0.25) is 0 Å². The Morgan fingerprint density at radius 1 is 1.12 bits per heavy atom. The lowest BCUT2D eigenvalue weighted by atomic mass is 9.84. The van der Waals surface area contributed by atoms with Crippen LogP contribution < -0.4 is 0 Å². The second kappa shape index (κ2) is 12.3. The molecule has 2 rings (SSSR count). The number of unbranched alkanes of at least 4 members (excludes halogenated alkanes) is 1. The van der Waals surface area contributed by atoms with E-state index in [9.17, 15) is 9.90 Å². The van der Waals surface area contributed by atoms with E-state index in [1.165, 1.54) is 19.4 Å². The first-order valence-electron chi connectivity index (χ1n) is 8.74. The third-order valence-corrected chi connectivity index (χ3v) is 4.29. The van der Waals surface area contributed by atoms with Crippen molar-refractivity contribution in [2.24, 2.45) is 0 Å². The molecule has 1 aliphatic heterocycles. The summed E-state index contributed by atoms with van der Waals surface area (Å²) in [5.41, 5.74) is 0.486. The zero-order chi connectivity index (χ0) is 17.1. The lowest BCUT2D eigenvalue weighted by molar-refractivity contribution is -0.137. The number of benzene rings is 1. The third kappa shape index (κ3) is 8.13. The summed E-state index contributed by atoms with van der Waals surface area (Å²) in [6, 6.07) is 10.1. The molecule has 5 heteroatoms. The number of aliphatic hydroxyl groups is 1. The van der Waals surface area contributed by atoms with E-state index in [0.717, 1.165) is 37.9 Å². The summed E-state index contributed by atoms with van der Waals surface area (Å²) < 4.78 is 0. The summed E-state index contributed by atoms with van der Waals surface area (Å²) in [4.78, 5) is 12.1. The van der Waals surface area contributed by atoms with Crippen LogP contribution in [-0.4, -0.2) is 40.7 Å². The average Bonchev–Trinajstić information content (AvgIpc) is 2.56. The smallest absolute Gasteiger partial charge is 0.303 e. The van der Waals surface area contributed by atoms with Crippen molar-refractivity contribution < 1.29 is 15.0 Å². The minimum absolute atomic E-state index is 0. The highest BCUT2D eigenvalue weighted by molar-refractivity contribution is 5.85. The average molecular weight is 358 g/mol. The molecular weight excluding hydrogens is 326 g/mol. The molecule has 0 atom stereocenters. The van der Waals surface area contributed by atoms with Gasteiger partial charge in [-0.15, -0.1) is 12.4 Å². The van der Waals surface area contributed by atoms with Gasteiger partial charge in [-0.05, 0) is 37.8 Å². The van der Waals surface area contributed by atoms with Crippen molar-refractivity contribution in [2.45, 2.75) is 58.0 Å². The number of likely N-dealkylation sites (tertiary alicyclic amines) is 1. The van der Waals surface area contributed by atoms with Crippen molar-refractivity contribution in [3.8, 4) is 0 Å². The number of carboxylic acids is 1. The van der Waals surface area contributed by atoms with Crippen molar-refractivity contribution in [1.82, 2.24) is 4.90 Å². The zero-order valence-electron chi connectivity index (χ0n) is 14.9. The van der Waals surface area contributed by atoms with Crippen LogP contribution >= 0.6 is 12.4 Å². The Labute approximate surface area is 152 Å². The number of piperidine rings is 1. The first-order chi connectivity index (χ1) is 11.0. The SMILES string of the molecule is CCCC(=O)O.CCCCN1CCC(O)(c2ccccc2)CC1.Cl. The number of halogens is 1. The van der Waals surface area contributed by atoms with E-state index in [1.54, 1.807) is 0 Å². The molecule has 0 spiro atoms. The highest BCUT2D eigenvalue weighted by Crippen LogP contribution is 2.32. The van der Waals surface area contributed by atoms with Gasteiger partial charge in [-0.25, -0.2) is 0 Å². The Kier molecular flexibility index (Phi) is 11.7. The maximum absolute atomic E-state index is 10.7. The van der Waals surface area contributed by atoms with Gasteiger partial charge < -0.3 is 15.1 Å². The standard InChI is InChI=1S/C15H23NO.C4H8O2.ClH/c1-2-3-11-16-12-9-15(17,10-13-16)14-7-5-4-6-8-14;1-2-3-4(5)6;/h4-8,17H,2-3,9-13H2,1H3;2-3H2,1H3,(H,5,6);1H. The molecule has 4 nitrogen and oxygen atoms in total. The molecule has 1 fully saturated rings. The van der Waals surface area contributed by atoms with E-state index >= 15 is 0 Å². The highest BCUT2D eigenvalue weighted by Gasteiger charge is 2.33. The molecule has 0 bridgehead atoms. The van der Waals surface area contributed by atoms with Crippen molar-refractivity contribution in [3.63, 3.8) is 0 Å². The van der Waals surface area contributed by atoms with E-state index in [0.29, 0.717) is 6.42 Å². The fourth-order valence-corrected chi connectivity index (χ4v) is 2.78. The van der Waals surface area contributed by atoms with Gasteiger partial charge in [0, 0.05) is 19.5 Å². The van der Waals surface area contributed by atoms with Crippen LogP contribution in [0.5, 0.6) is 0 Å². The Bertz CT molecular complexity index is 445. The molecule has 24 heavy (non-hydrogen) atoms. The fraction of sp³-hybridized carbons (Fsp3) is 0.632. The van der Waals surface area contributed by atoms with E-state index in [1.807, 2.05) is 37.3 Å². The molecule has 1 aliphatic rings. The van der Waals surface area contributed by atoms with Crippen LogP contribution in [-0.2, 0) is 10.4 Å². The lowest BCUT2D eigenvalue weighted by Gasteiger charge is -2.38. The second-order valence-corrected chi connectivity index (χ2v) is 6.24. The Balaban J connectivity index is 0.000000655. The maximum atomic E-state index is 10.7. The molecule has 0 amide bonds. The monoisotopic (exact) mass is 357 g/mol. The quantitative estimate of drug-likeness (QED) is 0.805.